The smallest absolute Gasteiger partial charge is 0.346 e. The molecule has 116 valence electrons. The van der Waals surface area contributed by atoms with Crippen LogP contribution in [-0.2, 0) is 19.9 Å². The highest BCUT2D eigenvalue weighted by Crippen LogP contribution is 2.50. The van der Waals surface area contributed by atoms with E-state index in [1.807, 2.05) is 30.3 Å². The summed E-state index contributed by atoms with van der Waals surface area (Å²) in [7, 11) is 1.34. The number of hydrogen-bond donors (Lipinski definition) is 0. The standard InChI is InChI=1S/C17H20N2O3/c1-21-15(20)17(14-8-4-2-5-9-14)16(12-18,13-22-17)19-10-6-3-7-11-19/h2,4-5,8-9H,3,6-7,10-11,13H2,1H3/t16-,17+/m1/s1. The van der Waals surface area contributed by atoms with E-state index < -0.39 is 17.1 Å². The van der Waals surface area contributed by atoms with Gasteiger partial charge in [0.15, 0.2) is 5.54 Å². The van der Waals surface area contributed by atoms with Crippen LogP contribution in [0.4, 0.5) is 0 Å². The molecule has 2 aliphatic rings. The number of esters is 1. The van der Waals surface area contributed by atoms with Gasteiger partial charge >= 0.3 is 5.97 Å². The predicted octanol–water partition coefficient (Wildman–Crippen LogP) is 1.83. The second-order valence-corrected chi connectivity index (χ2v) is 5.85. The molecule has 0 radical (unpaired) electrons. The number of hydrogen-bond acceptors (Lipinski definition) is 5. The summed E-state index contributed by atoms with van der Waals surface area (Å²) in [5.74, 6) is -0.503. The maximum atomic E-state index is 12.6. The first-order valence-electron chi connectivity index (χ1n) is 7.65. The molecule has 0 unspecified atom stereocenters. The molecule has 0 bridgehead atoms. The number of piperidine rings is 1. The van der Waals surface area contributed by atoms with Gasteiger partial charge in [0, 0.05) is 0 Å². The Labute approximate surface area is 130 Å². The van der Waals surface area contributed by atoms with E-state index in [1.165, 1.54) is 7.11 Å². The lowest BCUT2D eigenvalue weighted by atomic mass is 9.69. The Bertz CT molecular complexity index is 592. The minimum atomic E-state index is -1.35. The van der Waals surface area contributed by atoms with Gasteiger partial charge in [0.25, 0.3) is 0 Å². The van der Waals surface area contributed by atoms with E-state index in [0.717, 1.165) is 32.4 Å². The van der Waals surface area contributed by atoms with Gasteiger partial charge in [0.1, 0.15) is 0 Å². The van der Waals surface area contributed by atoms with Gasteiger partial charge < -0.3 is 9.47 Å². The van der Waals surface area contributed by atoms with Crippen LogP contribution in [0.15, 0.2) is 30.3 Å². The third kappa shape index (κ3) is 1.88. The van der Waals surface area contributed by atoms with Gasteiger partial charge in [-0.1, -0.05) is 36.8 Å². The average molecular weight is 300 g/mol. The molecule has 3 rings (SSSR count). The van der Waals surface area contributed by atoms with E-state index in [4.69, 9.17) is 9.47 Å². The summed E-state index contributed by atoms with van der Waals surface area (Å²) in [6.07, 6.45) is 3.24. The highest BCUT2D eigenvalue weighted by Gasteiger charge is 2.71. The number of nitriles is 1. The highest BCUT2D eigenvalue weighted by atomic mass is 16.6. The molecule has 22 heavy (non-hydrogen) atoms. The van der Waals surface area contributed by atoms with Gasteiger partial charge in [-0.25, -0.2) is 4.79 Å². The zero-order valence-electron chi connectivity index (χ0n) is 12.7. The molecule has 0 aromatic heterocycles. The Morgan fingerprint density at radius 2 is 1.95 bits per heavy atom. The monoisotopic (exact) mass is 300 g/mol. The fourth-order valence-corrected chi connectivity index (χ4v) is 3.61. The molecule has 2 heterocycles. The second-order valence-electron chi connectivity index (χ2n) is 5.85. The number of rotatable bonds is 3. The first kappa shape index (κ1) is 15.0. The molecule has 0 aliphatic carbocycles. The van der Waals surface area contributed by atoms with E-state index in [1.54, 1.807) is 0 Å². The Kier molecular flexibility index (Phi) is 3.90. The lowest BCUT2D eigenvalue weighted by Gasteiger charge is -2.57. The van der Waals surface area contributed by atoms with E-state index in [-0.39, 0.29) is 6.61 Å². The summed E-state index contributed by atoms with van der Waals surface area (Å²) in [5, 5.41) is 9.95. The van der Waals surface area contributed by atoms with Crippen LogP contribution in [0.1, 0.15) is 24.8 Å². The molecule has 2 aliphatic heterocycles. The van der Waals surface area contributed by atoms with Crippen molar-refractivity contribution in [3.63, 3.8) is 0 Å². The largest absolute Gasteiger partial charge is 0.467 e. The van der Waals surface area contributed by atoms with Crippen LogP contribution in [0.3, 0.4) is 0 Å². The van der Waals surface area contributed by atoms with Crippen molar-refractivity contribution in [2.45, 2.75) is 30.4 Å². The average Bonchev–Trinajstić information content (AvgIpc) is 2.57. The Morgan fingerprint density at radius 3 is 2.45 bits per heavy atom. The Balaban J connectivity index is 2.09. The zero-order valence-corrected chi connectivity index (χ0v) is 12.7. The fraction of sp³-hybridized carbons (Fsp3) is 0.529. The second kappa shape index (κ2) is 5.71. The molecule has 5 nitrogen and oxygen atoms in total. The van der Waals surface area contributed by atoms with Gasteiger partial charge in [-0.15, -0.1) is 0 Å². The van der Waals surface area contributed by atoms with Gasteiger partial charge in [-0.3, -0.25) is 4.90 Å². The summed E-state index contributed by atoms with van der Waals surface area (Å²) >= 11 is 0. The van der Waals surface area contributed by atoms with Crippen molar-refractivity contribution >= 4 is 5.97 Å². The summed E-state index contributed by atoms with van der Waals surface area (Å²) in [6, 6.07) is 11.6. The van der Waals surface area contributed by atoms with E-state index in [9.17, 15) is 10.1 Å². The third-order valence-electron chi connectivity index (χ3n) is 4.81. The number of carbonyl (C=O) groups excluding carboxylic acids is 1. The number of nitrogens with zero attached hydrogens (tertiary/aromatic N) is 2. The predicted molar refractivity (Wildman–Crippen MR) is 79.9 cm³/mol. The summed E-state index contributed by atoms with van der Waals surface area (Å²) in [4.78, 5) is 14.7. The lowest BCUT2D eigenvalue weighted by Crippen LogP contribution is -2.77. The van der Waals surface area contributed by atoms with Crippen LogP contribution < -0.4 is 0 Å². The minimum Gasteiger partial charge on any atom is -0.467 e. The van der Waals surface area contributed by atoms with Crippen LogP contribution in [-0.4, -0.2) is 43.2 Å². The van der Waals surface area contributed by atoms with Crippen LogP contribution in [0.5, 0.6) is 0 Å². The van der Waals surface area contributed by atoms with Crippen molar-refractivity contribution < 1.29 is 14.3 Å². The van der Waals surface area contributed by atoms with Gasteiger partial charge in [-0.05, 0) is 31.5 Å². The SMILES string of the molecule is COC(=O)[C@]1(c2ccccc2)OC[C@@]1(C#N)N1CCCCC1. The fourth-order valence-electron chi connectivity index (χ4n) is 3.61. The van der Waals surface area contributed by atoms with Gasteiger partial charge in [-0.2, -0.15) is 5.26 Å². The molecular weight excluding hydrogens is 280 g/mol. The molecule has 0 saturated carbocycles. The Morgan fingerprint density at radius 1 is 1.27 bits per heavy atom. The maximum Gasteiger partial charge on any atom is 0.346 e. The highest BCUT2D eigenvalue weighted by molar-refractivity contribution is 5.86. The topological polar surface area (TPSA) is 62.6 Å². The van der Waals surface area contributed by atoms with E-state index in [2.05, 4.69) is 11.0 Å². The lowest BCUT2D eigenvalue weighted by molar-refractivity contribution is -0.262. The molecule has 1 aromatic rings. The van der Waals surface area contributed by atoms with Gasteiger partial charge in [0.05, 0.1) is 19.8 Å². The molecule has 2 atom stereocenters. The number of likely N-dealkylation sites (tertiary alicyclic amines) is 1. The summed E-state index contributed by atoms with van der Waals surface area (Å²) in [5.41, 5.74) is -1.66. The molecule has 2 fully saturated rings. The number of carbonyl (C=O) groups is 1. The van der Waals surface area contributed by atoms with Crippen molar-refractivity contribution in [3.05, 3.63) is 35.9 Å². The minimum absolute atomic E-state index is 0.230. The Hall–Kier alpha value is -1.90. The molecule has 5 heteroatoms. The van der Waals surface area contributed by atoms with Crippen LogP contribution in [0, 0.1) is 11.3 Å². The van der Waals surface area contributed by atoms with Crippen molar-refractivity contribution in [2.75, 3.05) is 26.8 Å². The van der Waals surface area contributed by atoms with Crippen molar-refractivity contribution in [1.29, 1.82) is 5.26 Å². The molecule has 0 spiro atoms. The normalized spacial score (nSPS) is 31.8. The maximum absolute atomic E-state index is 12.6. The third-order valence-corrected chi connectivity index (χ3v) is 4.81. The van der Waals surface area contributed by atoms with Gasteiger partial charge in [0.2, 0.25) is 5.60 Å². The van der Waals surface area contributed by atoms with E-state index >= 15 is 0 Å². The van der Waals surface area contributed by atoms with Crippen LogP contribution in [0.2, 0.25) is 0 Å². The van der Waals surface area contributed by atoms with Crippen LogP contribution in [0.25, 0.3) is 0 Å². The molecule has 2 saturated heterocycles. The zero-order chi connectivity index (χ0) is 15.6. The molecular formula is C17H20N2O3. The van der Waals surface area contributed by atoms with E-state index in [0.29, 0.717) is 5.56 Å². The number of methoxy groups -OCH3 is 1. The number of benzene rings is 1. The summed E-state index contributed by atoms with van der Waals surface area (Å²) in [6.45, 7) is 1.85. The van der Waals surface area contributed by atoms with Crippen molar-refractivity contribution in [2.24, 2.45) is 0 Å². The van der Waals surface area contributed by atoms with Crippen molar-refractivity contribution in [3.8, 4) is 6.07 Å². The molecule has 0 N–H and O–H groups in total. The number of ether oxygens (including phenoxy) is 2. The summed E-state index contributed by atoms with van der Waals surface area (Å²) < 4.78 is 10.8. The first-order chi connectivity index (χ1) is 10.7. The molecule has 0 amide bonds. The van der Waals surface area contributed by atoms with Crippen molar-refractivity contribution in [1.82, 2.24) is 4.90 Å². The first-order valence-corrected chi connectivity index (χ1v) is 7.65. The van der Waals surface area contributed by atoms with Crippen LogP contribution >= 0.6 is 0 Å². The molecule has 1 aromatic carbocycles. The quantitative estimate of drug-likeness (QED) is 0.797.